The van der Waals surface area contributed by atoms with Crippen molar-refractivity contribution in [3.8, 4) is 22.3 Å². The fourth-order valence-electron chi connectivity index (χ4n) is 5.63. The van der Waals surface area contributed by atoms with Gasteiger partial charge in [-0.05, 0) is 106 Å². The largest absolute Gasteiger partial charge is 0.494 e. The molecule has 1 heterocycles. The van der Waals surface area contributed by atoms with Crippen LogP contribution in [0, 0.1) is 0 Å². The molecule has 0 atom stereocenters. The van der Waals surface area contributed by atoms with E-state index in [-0.39, 0.29) is 18.3 Å². The molecule has 0 unspecified atom stereocenters. The average molecular weight is 506 g/mol. The molecule has 2 nitrogen and oxygen atoms in total. The minimum atomic E-state index is -0.369. The van der Waals surface area contributed by atoms with Gasteiger partial charge in [0.1, 0.15) is 0 Å². The Labute approximate surface area is 230 Å². The van der Waals surface area contributed by atoms with Crippen molar-refractivity contribution in [1.29, 1.82) is 0 Å². The van der Waals surface area contributed by atoms with Crippen LogP contribution in [0.5, 0.6) is 0 Å². The zero-order chi connectivity index (χ0) is 26.8. The van der Waals surface area contributed by atoms with Crippen molar-refractivity contribution >= 4 is 44.9 Å². The van der Waals surface area contributed by atoms with Crippen LogP contribution in [0.15, 0.2) is 115 Å². The molecule has 6 aromatic rings. The van der Waals surface area contributed by atoms with E-state index in [9.17, 15) is 0 Å². The first kappa shape index (κ1) is 24.1. The van der Waals surface area contributed by atoms with Crippen LogP contribution in [0.4, 0.5) is 0 Å². The van der Waals surface area contributed by atoms with Crippen LogP contribution in [0.2, 0.25) is 0 Å². The van der Waals surface area contributed by atoms with Gasteiger partial charge in [0.15, 0.2) is 0 Å². The van der Waals surface area contributed by atoms with Crippen molar-refractivity contribution in [3.63, 3.8) is 0 Å². The highest BCUT2D eigenvalue weighted by atomic mass is 16.7. The summed E-state index contributed by atoms with van der Waals surface area (Å²) in [6, 6.07) is 41.8. The first-order valence-electron chi connectivity index (χ1n) is 13.7. The van der Waals surface area contributed by atoms with Gasteiger partial charge in [-0.2, -0.15) is 0 Å². The SMILES string of the molecule is CC1(C)OB(c2cccc(-c3ccc4ccc(-c5ccc6ccc7ccccc7c6c5)cc4c3)c2)OC1(C)C. The number of rotatable bonds is 3. The first-order valence-corrected chi connectivity index (χ1v) is 13.7. The lowest BCUT2D eigenvalue weighted by atomic mass is 9.78. The molecule has 7 rings (SSSR count). The molecule has 190 valence electrons. The lowest BCUT2D eigenvalue weighted by Gasteiger charge is -2.32. The zero-order valence-corrected chi connectivity index (χ0v) is 22.9. The topological polar surface area (TPSA) is 18.5 Å². The maximum absolute atomic E-state index is 6.31. The summed E-state index contributed by atoms with van der Waals surface area (Å²) >= 11 is 0. The standard InChI is InChI=1S/C36H31BO2/c1-35(2)36(3,4)39-37(38-35)32-10-7-9-27(22-32)28-17-12-24-13-18-29(21-31(24)20-28)30-19-16-26-15-14-25-8-5-6-11-33(25)34(26)23-30/h5-23H,1-4H3. The number of hydrogen-bond acceptors (Lipinski definition) is 2. The molecule has 0 spiro atoms. The third-order valence-electron chi connectivity index (χ3n) is 8.67. The van der Waals surface area contributed by atoms with Crippen molar-refractivity contribution in [1.82, 2.24) is 0 Å². The Hall–Kier alpha value is -3.92. The Balaban J connectivity index is 1.26. The minimum absolute atomic E-state index is 0.359. The van der Waals surface area contributed by atoms with E-state index in [0.29, 0.717) is 0 Å². The van der Waals surface area contributed by atoms with Crippen LogP contribution < -0.4 is 5.46 Å². The van der Waals surface area contributed by atoms with E-state index in [1.54, 1.807) is 0 Å². The fourth-order valence-corrected chi connectivity index (χ4v) is 5.63. The highest BCUT2D eigenvalue weighted by molar-refractivity contribution is 6.62. The van der Waals surface area contributed by atoms with Crippen molar-refractivity contribution in [2.45, 2.75) is 38.9 Å². The van der Waals surface area contributed by atoms with Crippen LogP contribution in [0.25, 0.3) is 54.6 Å². The van der Waals surface area contributed by atoms with Gasteiger partial charge in [0.2, 0.25) is 0 Å². The summed E-state index contributed by atoms with van der Waals surface area (Å²) in [7, 11) is -0.369. The minimum Gasteiger partial charge on any atom is -0.399 e. The number of fused-ring (bicyclic) bond motifs is 4. The van der Waals surface area contributed by atoms with E-state index in [4.69, 9.17) is 9.31 Å². The fraction of sp³-hybridized carbons (Fsp3) is 0.167. The van der Waals surface area contributed by atoms with Crippen LogP contribution in [0.1, 0.15) is 27.7 Å². The molecular weight excluding hydrogens is 475 g/mol. The maximum atomic E-state index is 6.31. The van der Waals surface area contributed by atoms with Gasteiger partial charge in [-0.3, -0.25) is 0 Å². The Morgan fingerprint density at radius 2 is 0.974 bits per heavy atom. The van der Waals surface area contributed by atoms with E-state index < -0.39 is 0 Å². The van der Waals surface area contributed by atoms with Gasteiger partial charge < -0.3 is 9.31 Å². The van der Waals surface area contributed by atoms with E-state index in [0.717, 1.165) is 11.0 Å². The molecular formula is C36H31BO2. The summed E-state index contributed by atoms with van der Waals surface area (Å²) < 4.78 is 12.6. The maximum Gasteiger partial charge on any atom is 0.494 e. The molecule has 39 heavy (non-hydrogen) atoms. The Bertz CT molecular complexity index is 1870. The molecule has 0 saturated carbocycles. The molecule has 1 saturated heterocycles. The lowest BCUT2D eigenvalue weighted by molar-refractivity contribution is 0.00578. The first-order chi connectivity index (χ1) is 18.8. The normalized spacial score (nSPS) is 16.4. The number of benzene rings is 6. The summed E-state index contributed by atoms with van der Waals surface area (Å²) in [5.74, 6) is 0. The molecule has 1 fully saturated rings. The van der Waals surface area contributed by atoms with Gasteiger partial charge in [-0.15, -0.1) is 0 Å². The molecule has 6 aromatic carbocycles. The molecule has 1 aliphatic heterocycles. The molecule has 0 aromatic heterocycles. The molecule has 0 radical (unpaired) electrons. The van der Waals surface area contributed by atoms with Crippen LogP contribution in [0.3, 0.4) is 0 Å². The van der Waals surface area contributed by atoms with Crippen LogP contribution in [-0.4, -0.2) is 18.3 Å². The van der Waals surface area contributed by atoms with Gasteiger partial charge in [0.25, 0.3) is 0 Å². The Kier molecular flexibility index (Phi) is 5.45. The van der Waals surface area contributed by atoms with Gasteiger partial charge >= 0.3 is 7.12 Å². The summed E-state index contributed by atoms with van der Waals surface area (Å²) in [4.78, 5) is 0. The molecule has 0 amide bonds. The number of hydrogen-bond donors (Lipinski definition) is 0. The summed E-state index contributed by atoms with van der Waals surface area (Å²) in [6.07, 6.45) is 0. The Morgan fingerprint density at radius 1 is 0.436 bits per heavy atom. The Morgan fingerprint density at radius 3 is 1.67 bits per heavy atom. The van der Waals surface area contributed by atoms with Crippen LogP contribution in [-0.2, 0) is 9.31 Å². The van der Waals surface area contributed by atoms with Crippen molar-refractivity contribution < 1.29 is 9.31 Å². The molecule has 3 heteroatoms. The predicted molar refractivity (Wildman–Crippen MR) is 166 cm³/mol. The highest BCUT2D eigenvalue weighted by Gasteiger charge is 2.51. The third kappa shape index (κ3) is 4.14. The van der Waals surface area contributed by atoms with Crippen LogP contribution >= 0.6 is 0 Å². The van der Waals surface area contributed by atoms with Crippen molar-refractivity contribution in [2.75, 3.05) is 0 Å². The summed E-state index contributed by atoms with van der Waals surface area (Å²) in [5.41, 5.74) is 5.12. The molecule has 0 bridgehead atoms. The second-order valence-corrected chi connectivity index (χ2v) is 11.7. The molecule has 0 aliphatic carbocycles. The monoisotopic (exact) mass is 506 g/mol. The van der Waals surface area contributed by atoms with Gasteiger partial charge in [-0.25, -0.2) is 0 Å². The molecule has 0 N–H and O–H groups in total. The zero-order valence-electron chi connectivity index (χ0n) is 22.9. The van der Waals surface area contributed by atoms with Gasteiger partial charge in [0.05, 0.1) is 11.2 Å². The molecule has 1 aliphatic rings. The highest BCUT2D eigenvalue weighted by Crippen LogP contribution is 2.37. The third-order valence-corrected chi connectivity index (χ3v) is 8.67. The lowest BCUT2D eigenvalue weighted by Crippen LogP contribution is -2.41. The van der Waals surface area contributed by atoms with E-state index >= 15 is 0 Å². The predicted octanol–water partition coefficient (Wildman–Crippen LogP) is 8.78. The second kappa shape index (κ2) is 8.81. The van der Waals surface area contributed by atoms with Crippen molar-refractivity contribution in [2.24, 2.45) is 0 Å². The van der Waals surface area contributed by atoms with Gasteiger partial charge in [0, 0.05) is 0 Å². The van der Waals surface area contributed by atoms with E-state index in [1.807, 2.05) is 0 Å². The quantitative estimate of drug-likeness (QED) is 0.176. The van der Waals surface area contributed by atoms with Gasteiger partial charge in [-0.1, -0.05) is 97.1 Å². The van der Waals surface area contributed by atoms with E-state index in [2.05, 4.69) is 143 Å². The summed E-state index contributed by atoms with van der Waals surface area (Å²) in [6.45, 7) is 8.37. The van der Waals surface area contributed by atoms with E-state index in [1.165, 1.54) is 49.0 Å². The smallest absolute Gasteiger partial charge is 0.399 e. The van der Waals surface area contributed by atoms with Crippen molar-refractivity contribution in [3.05, 3.63) is 115 Å². The average Bonchev–Trinajstić information content (AvgIpc) is 3.18. The second-order valence-electron chi connectivity index (χ2n) is 11.7. The summed E-state index contributed by atoms with van der Waals surface area (Å²) in [5, 5.41) is 7.58.